The smallest absolute Gasteiger partial charge is 0.0534 e. The van der Waals surface area contributed by atoms with E-state index in [1.54, 1.807) is 0 Å². The molecule has 98 valence electrons. The molecule has 0 saturated heterocycles. The average molecular weight is 263 g/mol. The summed E-state index contributed by atoms with van der Waals surface area (Å²) in [6, 6.07) is 6.43. The molecular weight excluding hydrogens is 242 g/mol. The minimum absolute atomic E-state index is 0.262. The molecule has 0 amide bonds. The lowest BCUT2D eigenvalue weighted by molar-refractivity contribution is 0.557. The third-order valence-corrected chi connectivity index (χ3v) is 4.29. The molecule has 0 aliphatic heterocycles. The fraction of sp³-hybridized carbons (Fsp3) is 0.500. The molecule has 2 aromatic heterocycles. The summed E-state index contributed by atoms with van der Waals surface area (Å²) in [5, 5.41) is 7.63. The van der Waals surface area contributed by atoms with E-state index in [0.717, 1.165) is 19.6 Å². The van der Waals surface area contributed by atoms with Crippen LogP contribution < -0.4 is 5.32 Å². The van der Waals surface area contributed by atoms with Crippen LogP contribution in [0.25, 0.3) is 0 Å². The van der Waals surface area contributed by atoms with Gasteiger partial charge in [-0.15, -0.1) is 11.3 Å². The van der Waals surface area contributed by atoms with Crippen LogP contribution in [0.5, 0.6) is 0 Å². The highest BCUT2D eigenvalue weighted by Gasteiger charge is 2.15. The second-order valence-electron chi connectivity index (χ2n) is 5.46. The number of aromatic nitrogens is 2. The Balaban J connectivity index is 1.75. The van der Waals surface area contributed by atoms with Gasteiger partial charge in [0.25, 0.3) is 0 Å². The summed E-state index contributed by atoms with van der Waals surface area (Å²) in [5.74, 6) is 0. The summed E-state index contributed by atoms with van der Waals surface area (Å²) in [6.07, 6.45) is 3.80. The van der Waals surface area contributed by atoms with Crippen molar-refractivity contribution in [2.24, 2.45) is 0 Å². The maximum absolute atomic E-state index is 4.18. The van der Waals surface area contributed by atoms with Crippen molar-refractivity contribution in [1.29, 1.82) is 0 Å². The van der Waals surface area contributed by atoms with E-state index in [0.29, 0.717) is 0 Å². The summed E-state index contributed by atoms with van der Waals surface area (Å²) < 4.78 is 1.95. The third kappa shape index (κ3) is 3.68. The van der Waals surface area contributed by atoms with Gasteiger partial charge in [0.15, 0.2) is 0 Å². The van der Waals surface area contributed by atoms with Crippen molar-refractivity contribution < 1.29 is 0 Å². The van der Waals surface area contributed by atoms with E-state index in [9.17, 15) is 0 Å². The fourth-order valence-corrected chi connectivity index (χ4v) is 2.75. The Hall–Kier alpha value is -1.13. The third-order valence-electron chi connectivity index (χ3n) is 2.78. The van der Waals surface area contributed by atoms with Crippen molar-refractivity contribution in [2.45, 2.75) is 39.3 Å². The van der Waals surface area contributed by atoms with E-state index < -0.39 is 0 Å². The van der Waals surface area contributed by atoms with Crippen LogP contribution in [0.3, 0.4) is 0 Å². The van der Waals surface area contributed by atoms with Crippen LogP contribution in [-0.2, 0) is 18.5 Å². The zero-order chi connectivity index (χ0) is 13.0. The zero-order valence-corrected chi connectivity index (χ0v) is 12.1. The Bertz CT molecular complexity index is 465. The molecule has 0 bridgehead atoms. The molecule has 0 atom stereocenters. The quantitative estimate of drug-likeness (QED) is 0.840. The first-order chi connectivity index (χ1) is 8.55. The Morgan fingerprint density at radius 3 is 2.78 bits per heavy atom. The Kier molecular flexibility index (Phi) is 4.19. The number of rotatable bonds is 5. The molecule has 4 heteroatoms. The Labute approximate surface area is 113 Å². The lowest BCUT2D eigenvalue weighted by atomic mass is 9.95. The van der Waals surface area contributed by atoms with Crippen molar-refractivity contribution in [3.05, 3.63) is 40.3 Å². The van der Waals surface area contributed by atoms with Gasteiger partial charge in [-0.2, -0.15) is 5.10 Å². The minimum atomic E-state index is 0.262. The molecular formula is C14H21N3S. The number of hydrogen-bond donors (Lipinski definition) is 1. The highest BCUT2D eigenvalue weighted by Crippen LogP contribution is 2.29. The summed E-state index contributed by atoms with van der Waals surface area (Å²) in [4.78, 5) is 2.85. The first kappa shape index (κ1) is 13.3. The van der Waals surface area contributed by atoms with Crippen LogP contribution in [-0.4, -0.2) is 16.3 Å². The van der Waals surface area contributed by atoms with Crippen molar-refractivity contribution in [2.75, 3.05) is 6.54 Å². The first-order valence-corrected chi connectivity index (χ1v) is 7.15. The number of nitrogens with zero attached hydrogens (tertiary/aromatic N) is 2. The monoisotopic (exact) mass is 263 g/mol. The van der Waals surface area contributed by atoms with Gasteiger partial charge in [0.2, 0.25) is 0 Å². The van der Waals surface area contributed by atoms with Crippen LogP contribution in [0.15, 0.2) is 30.6 Å². The minimum Gasteiger partial charge on any atom is -0.310 e. The highest BCUT2D eigenvalue weighted by molar-refractivity contribution is 7.12. The molecule has 18 heavy (non-hydrogen) atoms. The topological polar surface area (TPSA) is 29.9 Å². The van der Waals surface area contributed by atoms with Gasteiger partial charge >= 0.3 is 0 Å². The lowest BCUT2D eigenvalue weighted by Gasteiger charge is -2.15. The van der Waals surface area contributed by atoms with Gasteiger partial charge in [0, 0.05) is 35.2 Å². The van der Waals surface area contributed by atoms with E-state index in [-0.39, 0.29) is 5.41 Å². The van der Waals surface area contributed by atoms with E-state index >= 15 is 0 Å². The summed E-state index contributed by atoms with van der Waals surface area (Å²) in [5.41, 5.74) is 0.262. The summed E-state index contributed by atoms with van der Waals surface area (Å²) in [7, 11) is 0. The molecule has 0 spiro atoms. The van der Waals surface area contributed by atoms with Crippen LogP contribution >= 0.6 is 11.3 Å². The molecule has 2 rings (SSSR count). The number of nitrogens with one attached hydrogen (secondary N) is 1. The number of thiophene rings is 1. The molecule has 0 aliphatic rings. The average Bonchev–Trinajstić information content (AvgIpc) is 2.95. The molecule has 0 radical (unpaired) electrons. The van der Waals surface area contributed by atoms with Gasteiger partial charge < -0.3 is 5.32 Å². The standard InChI is InChI=1S/C14H21N3S/c1-14(2,3)13-6-5-12(18-13)11-15-8-10-17-9-4-7-16-17/h4-7,9,15H,8,10-11H2,1-3H3. The van der Waals surface area contributed by atoms with Crippen LogP contribution in [0, 0.1) is 0 Å². The molecule has 3 nitrogen and oxygen atoms in total. The van der Waals surface area contributed by atoms with Crippen LogP contribution in [0.4, 0.5) is 0 Å². The second-order valence-corrected chi connectivity index (χ2v) is 6.63. The normalized spacial score (nSPS) is 11.9. The zero-order valence-electron chi connectivity index (χ0n) is 11.3. The Morgan fingerprint density at radius 2 is 2.17 bits per heavy atom. The lowest BCUT2D eigenvalue weighted by Crippen LogP contribution is -2.19. The molecule has 0 unspecified atom stereocenters. The van der Waals surface area contributed by atoms with Crippen LogP contribution in [0.2, 0.25) is 0 Å². The predicted octanol–water partition coefficient (Wildman–Crippen LogP) is 3.03. The highest BCUT2D eigenvalue weighted by atomic mass is 32.1. The van der Waals surface area contributed by atoms with Gasteiger partial charge in [-0.25, -0.2) is 0 Å². The van der Waals surface area contributed by atoms with Gasteiger partial charge in [-0.3, -0.25) is 4.68 Å². The van der Waals surface area contributed by atoms with Crippen LogP contribution in [0.1, 0.15) is 30.5 Å². The van der Waals surface area contributed by atoms with Crippen molar-refractivity contribution in [3.8, 4) is 0 Å². The van der Waals surface area contributed by atoms with Gasteiger partial charge in [-0.1, -0.05) is 20.8 Å². The molecule has 1 N–H and O–H groups in total. The van der Waals surface area contributed by atoms with Gasteiger partial charge in [-0.05, 0) is 23.6 Å². The SMILES string of the molecule is CC(C)(C)c1ccc(CNCCn2cccn2)s1. The second kappa shape index (κ2) is 5.67. The van der Waals surface area contributed by atoms with Crippen molar-refractivity contribution in [3.63, 3.8) is 0 Å². The molecule has 0 aromatic carbocycles. The molecule has 0 aliphatic carbocycles. The maximum atomic E-state index is 4.18. The molecule has 0 fully saturated rings. The summed E-state index contributed by atoms with van der Waals surface area (Å²) >= 11 is 1.90. The molecule has 2 aromatic rings. The largest absolute Gasteiger partial charge is 0.310 e. The van der Waals surface area contributed by atoms with Gasteiger partial charge in [0.1, 0.15) is 0 Å². The number of hydrogen-bond acceptors (Lipinski definition) is 3. The summed E-state index contributed by atoms with van der Waals surface area (Å²) in [6.45, 7) is 9.59. The van der Waals surface area contributed by atoms with Crippen molar-refractivity contribution in [1.82, 2.24) is 15.1 Å². The molecule has 0 saturated carbocycles. The Morgan fingerprint density at radius 1 is 1.33 bits per heavy atom. The van der Waals surface area contributed by atoms with E-state index in [1.807, 2.05) is 34.5 Å². The van der Waals surface area contributed by atoms with Crippen molar-refractivity contribution >= 4 is 11.3 Å². The van der Waals surface area contributed by atoms with E-state index in [2.05, 4.69) is 43.3 Å². The van der Waals surface area contributed by atoms with Gasteiger partial charge in [0.05, 0.1) is 6.54 Å². The first-order valence-electron chi connectivity index (χ1n) is 6.33. The van der Waals surface area contributed by atoms with E-state index in [1.165, 1.54) is 9.75 Å². The molecule has 2 heterocycles. The predicted molar refractivity (Wildman–Crippen MR) is 77.0 cm³/mol. The maximum Gasteiger partial charge on any atom is 0.0534 e. The van der Waals surface area contributed by atoms with E-state index in [4.69, 9.17) is 0 Å². The fourth-order valence-electron chi connectivity index (χ4n) is 1.71.